The molecule has 1 aromatic rings. The second-order valence-electron chi connectivity index (χ2n) is 3.89. The number of anilines is 1. The average Bonchev–Trinajstić information content (AvgIpc) is 2.42. The second-order valence-corrected chi connectivity index (χ2v) is 5.09. The molecule has 1 rings (SSSR count). The monoisotopic (exact) mass is 227 g/mol. The maximum absolute atomic E-state index is 11.4. The number of rotatable bonds is 3. The minimum atomic E-state index is -0.183. The number of hydrogen-bond donors (Lipinski definition) is 2. The third-order valence-electron chi connectivity index (χ3n) is 1.92. The molecule has 15 heavy (non-hydrogen) atoms. The van der Waals surface area contributed by atoms with Crippen LogP contribution in [-0.4, -0.2) is 17.6 Å². The highest BCUT2D eigenvalue weighted by atomic mass is 32.1. The first-order chi connectivity index (χ1) is 6.99. The molecule has 0 radical (unpaired) electrons. The Morgan fingerprint density at radius 1 is 1.47 bits per heavy atom. The van der Waals surface area contributed by atoms with Crippen molar-refractivity contribution in [2.24, 2.45) is 5.92 Å². The van der Waals surface area contributed by atoms with E-state index in [2.05, 4.69) is 29.5 Å². The largest absolute Gasteiger partial charge is 0.338 e. The Hall–Kier alpha value is -1.10. The summed E-state index contributed by atoms with van der Waals surface area (Å²) in [5, 5.41) is 6.15. The van der Waals surface area contributed by atoms with Gasteiger partial charge >= 0.3 is 6.03 Å². The first kappa shape index (κ1) is 12.0. The summed E-state index contributed by atoms with van der Waals surface area (Å²) in [6.07, 6.45) is 0. The average molecular weight is 227 g/mol. The van der Waals surface area contributed by atoms with E-state index in [0.717, 1.165) is 10.6 Å². The van der Waals surface area contributed by atoms with Gasteiger partial charge in [0.05, 0.1) is 5.69 Å². The van der Waals surface area contributed by atoms with Crippen LogP contribution in [0.5, 0.6) is 0 Å². The molecule has 0 saturated heterocycles. The molecule has 0 aliphatic carbocycles. The van der Waals surface area contributed by atoms with Crippen LogP contribution in [0.3, 0.4) is 0 Å². The summed E-state index contributed by atoms with van der Waals surface area (Å²) >= 11 is 1.49. The Balaban J connectivity index is 2.44. The molecule has 2 N–H and O–H groups in total. The van der Waals surface area contributed by atoms with Crippen molar-refractivity contribution in [1.29, 1.82) is 0 Å². The number of aromatic nitrogens is 1. The molecule has 0 saturated carbocycles. The fourth-order valence-electron chi connectivity index (χ4n) is 0.964. The number of aryl methyl sites for hydroxylation is 2. The van der Waals surface area contributed by atoms with Gasteiger partial charge in [-0.05, 0) is 19.8 Å². The van der Waals surface area contributed by atoms with Gasteiger partial charge in [-0.1, -0.05) is 13.8 Å². The molecule has 4 nitrogen and oxygen atoms in total. The minimum absolute atomic E-state index is 0.183. The van der Waals surface area contributed by atoms with Gasteiger partial charge in [-0.3, -0.25) is 5.32 Å². The second kappa shape index (κ2) is 5.11. The van der Waals surface area contributed by atoms with Gasteiger partial charge in [0.15, 0.2) is 5.13 Å². The fraction of sp³-hybridized carbons (Fsp3) is 0.600. The Morgan fingerprint density at radius 2 is 2.13 bits per heavy atom. The molecule has 2 amide bonds. The number of carbonyl (C=O) groups excluding carboxylic acids is 1. The molecule has 5 heteroatoms. The van der Waals surface area contributed by atoms with Gasteiger partial charge in [0.25, 0.3) is 0 Å². The highest BCUT2D eigenvalue weighted by molar-refractivity contribution is 7.15. The van der Waals surface area contributed by atoms with Gasteiger partial charge in [0.1, 0.15) is 0 Å². The number of nitrogens with one attached hydrogen (secondary N) is 2. The minimum Gasteiger partial charge on any atom is -0.338 e. The van der Waals surface area contributed by atoms with E-state index < -0.39 is 0 Å². The molecule has 0 aromatic carbocycles. The highest BCUT2D eigenvalue weighted by Crippen LogP contribution is 2.20. The Morgan fingerprint density at radius 3 is 2.60 bits per heavy atom. The van der Waals surface area contributed by atoms with Crippen LogP contribution in [0.1, 0.15) is 24.4 Å². The zero-order valence-corrected chi connectivity index (χ0v) is 10.4. The normalized spacial score (nSPS) is 10.5. The van der Waals surface area contributed by atoms with Crippen LogP contribution < -0.4 is 10.6 Å². The number of nitrogens with zero attached hydrogens (tertiary/aromatic N) is 1. The molecule has 0 atom stereocenters. The lowest BCUT2D eigenvalue weighted by Crippen LogP contribution is -2.31. The summed E-state index contributed by atoms with van der Waals surface area (Å²) in [4.78, 5) is 16.7. The molecule has 1 heterocycles. The van der Waals surface area contributed by atoms with E-state index in [-0.39, 0.29) is 6.03 Å². The van der Waals surface area contributed by atoms with Crippen LogP contribution in [0.15, 0.2) is 0 Å². The van der Waals surface area contributed by atoms with E-state index in [0.29, 0.717) is 17.6 Å². The van der Waals surface area contributed by atoms with E-state index in [1.807, 2.05) is 13.8 Å². The molecule has 0 fully saturated rings. The fourth-order valence-corrected chi connectivity index (χ4v) is 1.77. The van der Waals surface area contributed by atoms with Crippen LogP contribution >= 0.6 is 11.3 Å². The number of hydrogen-bond acceptors (Lipinski definition) is 3. The van der Waals surface area contributed by atoms with Crippen LogP contribution in [0, 0.1) is 19.8 Å². The Kier molecular flexibility index (Phi) is 4.08. The number of thiazole rings is 1. The lowest BCUT2D eigenvalue weighted by Gasteiger charge is -2.06. The van der Waals surface area contributed by atoms with Crippen molar-refractivity contribution in [3.63, 3.8) is 0 Å². The van der Waals surface area contributed by atoms with Crippen LogP contribution in [-0.2, 0) is 0 Å². The summed E-state index contributed by atoms with van der Waals surface area (Å²) in [6, 6.07) is -0.183. The summed E-state index contributed by atoms with van der Waals surface area (Å²) < 4.78 is 0. The Labute approximate surface area is 94.1 Å². The molecule has 0 unspecified atom stereocenters. The Bertz CT molecular complexity index is 327. The van der Waals surface area contributed by atoms with Crippen LogP contribution in [0.2, 0.25) is 0 Å². The standard InChI is InChI=1S/C10H17N3OS/c1-6(2)5-11-9(14)13-10-12-7(3)8(4)15-10/h6H,5H2,1-4H3,(H2,11,12,13,14). The van der Waals surface area contributed by atoms with E-state index in [1.54, 1.807) is 0 Å². The zero-order valence-electron chi connectivity index (χ0n) is 9.55. The highest BCUT2D eigenvalue weighted by Gasteiger charge is 2.07. The predicted molar refractivity (Wildman–Crippen MR) is 63.4 cm³/mol. The quantitative estimate of drug-likeness (QED) is 0.833. The van der Waals surface area contributed by atoms with Gasteiger partial charge in [-0.2, -0.15) is 0 Å². The van der Waals surface area contributed by atoms with Crippen LogP contribution in [0.4, 0.5) is 9.93 Å². The van der Waals surface area contributed by atoms with Crippen molar-refractivity contribution >= 4 is 22.5 Å². The van der Waals surface area contributed by atoms with Crippen molar-refractivity contribution < 1.29 is 4.79 Å². The zero-order chi connectivity index (χ0) is 11.4. The molecule has 0 spiro atoms. The smallest absolute Gasteiger partial charge is 0.321 e. The molecular formula is C10H17N3OS. The third kappa shape index (κ3) is 3.87. The molecule has 84 valence electrons. The number of amides is 2. The first-order valence-corrected chi connectivity index (χ1v) is 5.79. The van der Waals surface area contributed by atoms with E-state index in [4.69, 9.17) is 0 Å². The number of carbonyl (C=O) groups is 1. The molecule has 1 aromatic heterocycles. The van der Waals surface area contributed by atoms with E-state index in [1.165, 1.54) is 11.3 Å². The van der Waals surface area contributed by atoms with Gasteiger partial charge in [-0.25, -0.2) is 9.78 Å². The SMILES string of the molecule is Cc1nc(NC(=O)NCC(C)C)sc1C. The van der Waals surface area contributed by atoms with Crippen molar-refractivity contribution in [3.8, 4) is 0 Å². The molecule has 0 aliphatic rings. The van der Waals surface area contributed by atoms with E-state index in [9.17, 15) is 4.79 Å². The van der Waals surface area contributed by atoms with Gasteiger partial charge in [0, 0.05) is 11.4 Å². The predicted octanol–water partition coefficient (Wildman–Crippen LogP) is 2.54. The molecule has 0 aliphatic heterocycles. The number of urea groups is 1. The first-order valence-electron chi connectivity index (χ1n) is 4.98. The lowest BCUT2D eigenvalue weighted by atomic mass is 10.2. The topological polar surface area (TPSA) is 54.0 Å². The third-order valence-corrected chi connectivity index (χ3v) is 2.91. The van der Waals surface area contributed by atoms with Crippen molar-refractivity contribution in [1.82, 2.24) is 10.3 Å². The summed E-state index contributed by atoms with van der Waals surface area (Å²) in [5.41, 5.74) is 0.971. The van der Waals surface area contributed by atoms with Gasteiger partial charge < -0.3 is 5.32 Å². The van der Waals surface area contributed by atoms with Crippen molar-refractivity contribution in [2.75, 3.05) is 11.9 Å². The summed E-state index contributed by atoms with van der Waals surface area (Å²) in [7, 11) is 0. The van der Waals surface area contributed by atoms with Crippen molar-refractivity contribution in [3.05, 3.63) is 10.6 Å². The summed E-state index contributed by atoms with van der Waals surface area (Å²) in [6.45, 7) is 8.71. The molecular weight excluding hydrogens is 210 g/mol. The van der Waals surface area contributed by atoms with Gasteiger partial charge in [-0.15, -0.1) is 11.3 Å². The maximum atomic E-state index is 11.4. The van der Waals surface area contributed by atoms with Crippen molar-refractivity contribution in [2.45, 2.75) is 27.7 Å². The maximum Gasteiger partial charge on any atom is 0.321 e. The summed E-state index contributed by atoms with van der Waals surface area (Å²) in [5.74, 6) is 0.454. The molecule has 0 bridgehead atoms. The lowest BCUT2D eigenvalue weighted by molar-refractivity contribution is 0.251. The van der Waals surface area contributed by atoms with E-state index >= 15 is 0 Å². The van der Waals surface area contributed by atoms with Gasteiger partial charge in [0.2, 0.25) is 0 Å². The van der Waals surface area contributed by atoms with Crippen LogP contribution in [0.25, 0.3) is 0 Å².